The average molecular weight is 308 g/mol. The molecule has 0 aromatic heterocycles. The van der Waals surface area contributed by atoms with Gasteiger partial charge in [0.2, 0.25) is 5.91 Å². The summed E-state index contributed by atoms with van der Waals surface area (Å²) in [6, 6.07) is 6.37. The molecular weight excluding hydrogens is 287 g/mol. The number of halogens is 1. The van der Waals surface area contributed by atoms with Crippen molar-refractivity contribution in [1.29, 1.82) is 0 Å². The molecule has 0 bridgehead atoms. The van der Waals surface area contributed by atoms with E-state index in [1.54, 1.807) is 19.1 Å². The molecule has 0 aliphatic carbocycles. The zero-order valence-corrected chi connectivity index (χ0v) is 12.6. The zero-order valence-electron chi connectivity index (χ0n) is 12.6. The van der Waals surface area contributed by atoms with Gasteiger partial charge < -0.3 is 14.7 Å². The molecule has 3 unspecified atom stereocenters. The van der Waals surface area contributed by atoms with Crippen molar-refractivity contribution in [1.82, 2.24) is 9.80 Å². The maximum absolute atomic E-state index is 12.9. The number of hydrogen-bond acceptors (Lipinski definition) is 4. The van der Waals surface area contributed by atoms with Gasteiger partial charge in [-0.05, 0) is 24.1 Å². The van der Waals surface area contributed by atoms with Crippen LogP contribution in [0.3, 0.4) is 0 Å². The predicted molar refractivity (Wildman–Crippen MR) is 78.3 cm³/mol. The van der Waals surface area contributed by atoms with Crippen LogP contribution in [0.1, 0.15) is 18.9 Å². The molecule has 1 N–H and O–H groups in total. The minimum atomic E-state index is -0.269. The number of rotatable bonds is 4. The largest absolute Gasteiger partial charge is 0.381 e. The van der Waals surface area contributed by atoms with Crippen molar-refractivity contribution in [2.45, 2.75) is 38.1 Å². The van der Waals surface area contributed by atoms with E-state index in [4.69, 9.17) is 4.74 Å². The van der Waals surface area contributed by atoms with Crippen LogP contribution >= 0.6 is 0 Å². The van der Waals surface area contributed by atoms with Crippen molar-refractivity contribution in [3.63, 3.8) is 0 Å². The van der Waals surface area contributed by atoms with Gasteiger partial charge in [-0.2, -0.15) is 0 Å². The van der Waals surface area contributed by atoms with Gasteiger partial charge >= 0.3 is 0 Å². The van der Waals surface area contributed by atoms with Gasteiger partial charge in [0.25, 0.3) is 0 Å². The molecule has 6 heteroatoms. The molecule has 0 spiro atoms. The second-order valence-electron chi connectivity index (χ2n) is 5.95. The lowest BCUT2D eigenvalue weighted by Gasteiger charge is -2.26. The summed E-state index contributed by atoms with van der Waals surface area (Å²) in [4.78, 5) is 15.6. The maximum Gasteiger partial charge on any atom is 0.219 e. The number of ether oxygens (including phenoxy) is 1. The van der Waals surface area contributed by atoms with E-state index >= 15 is 0 Å². The standard InChI is InChI=1S/C16H21FN2O3/c1-11(21)19-8-15(16-14(19)6-7-18(16)10-20)22-9-12-2-4-13(17)5-3-12/h2-5,14-16,20H,6-10H2,1H3. The first-order valence-electron chi connectivity index (χ1n) is 7.58. The fourth-order valence-corrected chi connectivity index (χ4v) is 3.58. The lowest BCUT2D eigenvalue weighted by Crippen LogP contribution is -2.43. The minimum Gasteiger partial charge on any atom is -0.381 e. The highest BCUT2D eigenvalue weighted by Gasteiger charge is 2.49. The third-order valence-corrected chi connectivity index (χ3v) is 4.65. The Morgan fingerprint density at radius 1 is 1.41 bits per heavy atom. The van der Waals surface area contributed by atoms with Crippen molar-refractivity contribution in [2.24, 2.45) is 0 Å². The lowest BCUT2D eigenvalue weighted by atomic mass is 10.1. The molecule has 2 aliphatic rings. The Hall–Kier alpha value is -1.50. The number of carbonyl (C=O) groups is 1. The second-order valence-corrected chi connectivity index (χ2v) is 5.95. The molecule has 3 rings (SSSR count). The monoisotopic (exact) mass is 308 g/mol. The van der Waals surface area contributed by atoms with Crippen LogP contribution in [0.5, 0.6) is 0 Å². The number of aliphatic hydroxyl groups excluding tert-OH is 1. The highest BCUT2D eigenvalue weighted by atomic mass is 19.1. The van der Waals surface area contributed by atoms with Crippen LogP contribution in [0.25, 0.3) is 0 Å². The summed E-state index contributed by atoms with van der Waals surface area (Å²) in [5, 5.41) is 9.50. The Kier molecular flexibility index (Phi) is 4.42. The van der Waals surface area contributed by atoms with E-state index < -0.39 is 0 Å². The van der Waals surface area contributed by atoms with Crippen molar-refractivity contribution in [3.05, 3.63) is 35.6 Å². The lowest BCUT2D eigenvalue weighted by molar-refractivity contribution is -0.130. The third-order valence-electron chi connectivity index (χ3n) is 4.65. The summed E-state index contributed by atoms with van der Waals surface area (Å²) in [5.74, 6) is -0.225. The highest BCUT2D eigenvalue weighted by molar-refractivity contribution is 5.74. The summed E-state index contributed by atoms with van der Waals surface area (Å²) >= 11 is 0. The molecule has 1 aromatic rings. The summed E-state index contributed by atoms with van der Waals surface area (Å²) in [6.45, 7) is 3.23. The van der Waals surface area contributed by atoms with E-state index in [-0.39, 0.29) is 36.6 Å². The number of aliphatic hydroxyl groups is 1. The summed E-state index contributed by atoms with van der Waals surface area (Å²) in [7, 11) is 0. The molecule has 1 amide bonds. The summed E-state index contributed by atoms with van der Waals surface area (Å²) in [5.41, 5.74) is 0.896. The Balaban J connectivity index is 1.69. The fraction of sp³-hybridized carbons (Fsp3) is 0.562. The molecule has 5 nitrogen and oxygen atoms in total. The first-order chi connectivity index (χ1) is 10.6. The molecule has 0 saturated carbocycles. The van der Waals surface area contributed by atoms with Gasteiger partial charge in [0.1, 0.15) is 5.82 Å². The number of likely N-dealkylation sites (tertiary alicyclic amines) is 2. The van der Waals surface area contributed by atoms with Crippen LogP contribution in [-0.4, -0.2) is 58.8 Å². The number of benzene rings is 1. The molecule has 0 radical (unpaired) electrons. The Bertz CT molecular complexity index is 537. The highest BCUT2D eigenvalue weighted by Crippen LogP contribution is 2.33. The molecule has 2 saturated heterocycles. The van der Waals surface area contributed by atoms with Crippen molar-refractivity contribution in [2.75, 3.05) is 19.8 Å². The van der Waals surface area contributed by atoms with Gasteiger partial charge in [-0.25, -0.2) is 4.39 Å². The number of carbonyl (C=O) groups excluding carboxylic acids is 1. The molecule has 2 heterocycles. The van der Waals surface area contributed by atoms with E-state index in [0.717, 1.165) is 18.5 Å². The Morgan fingerprint density at radius 3 is 2.77 bits per heavy atom. The molecule has 120 valence electrons. The topological polar surface area (TPSA) is 53.0 Å². The molecule has 2 fully saturated rings. The van der Waals surface area contributed by atoms with E-state index in [0.29, 0.717) is 13.2 Å². The summed E-state index contributed by atoms with van der Waals surface area (Å²) in [6.07, 6.45) is 0.731. The van der Waals surface area contributed by atoms with Crippen LogP contribution in [0.4, 0.5) is 4.39 Å². The van der Waals surface area contributed by atoms with Crippen molar-refractivity contribution < 1.29 is 19.0 Å². The predicted octanol–water partition coefficient (Wildman–Crippen LogP) is 0.966. The smallest absolute Gasteiger partial charge is 0.219 e. The van der Waals surface area contributed by atoms with Crippen LogP contribution in [0, 0.1) is 5.82 Å². The SMILES string of the molecule is CC(=O)N1CC(OCc2ccc(F)cc2)C2C1CCN2CO. The normalized spacial score (nSPS) is 28.1. The van der Waals surface area contributed by atoms with Crippen LogP contribution < -0.4 is 0 Å². The quantitative estimate of drug-likeness (QED) is 0.900. The molecule has 1 aromatic carbocycles. The maximum atomic E-state index is 12.9. The number of nitrogens with zero attached hydrogens (tertiary/aromatic N) is 2. The van der Waals surface area contributed by atoms with Crippen LogP contribution in [-0.2, 0) is 16.1 Å². The average Bonchev–Trinajstić information content (AvgIpc) is 3.06. The van der Waals surface area contributed by atoms with Gasteiger partial charge in [0.15, 0.2) is 0 Å². The number of amides is 1. The third kappa shape index (κ3) is 2.86. The molecule has 3 atom stereocenters. The van der Waals surface area contributed by atoms with E-state index in [2.05, 4.69) is 0 Å². The molecular formula is C16H21FN2O3. The molecule has 22 heavy (non-hydrogen) atoms. The second kappa shape index (κ2) is 6.32. The van der Waals surface area contributed by atoms with E-state index in [1.807, 2.05) is 9.80 Å². The van der Waals surface area contributed by atoms with Crippen LogP contribution in [0.2, 0.25) is 0 Å². The van der Waals surface area contributed by atoms with E-state index in [9.17, 15) is 14.3 Å². The van der Waals surface area contributed by atoms with Gasteiger partial charge in [0.05, 0.1) is 31.5 Å². The Labute approximate surface area is 129 Å². The first-order valence-corrected chi connectivity index (χ1v) is 7.58. The Morgan fingerprint density at radius 2 is 2.14 bits per heavy atom. The summed E-state index contributed by atoms with van der Waals surface area (Å²) < 4.78 is 18.9. The number of hydrogen-bond donors (Lipinski definition) is 1. The van der Waals surface area contributed by atoms with Crippen molar-refractivity contribution in [3.8, 4) is 0 Å². The van der Waals surface area contributed by atoms with Crippen LogP contribution in [0.15, 0.2) is 24.3 Å². The first kappa shape index (κ1) is 15.4. The van der Waals surface area contributed by atoms with Gasteiger partial charge in [0, 0.05) is 20.0 Å². The fourth-order valence-electron chi connectivity index (χ4n) is 3.58. The minimum absolute atomic E-state index is 0.0245. The molecule has 2 aliphatic heterocycles. The van der Waals surface area contributed by atoms with Gasteiger partial charge in [-0.15, -0.1) is 0 Å². The van der Waals surface area contributed by atoms with E-state index in [1.165, 1.54) is 12.1 Å². The van der Waals surface area contributed by atoms with Gasteiger partial charge in [-0.1, -0.05) is 12.1 Å². The number of fused-ring (bicyclic) bond motifs is 1. The van der Waals surface area contributed by atoms with Crippen molar-refractivity contribution >= 4 is 5.91 Å². The van der Waals surface area contributed by atoms with Gasteiger partial charge in [-0.3, -0.25) is 9.69 Å². The zero-order chi connectivity index (χ0) is 15.7.